The highest BCUT2D eigenvalue weighted by Crippen LogP contribution is 2.14. The molecule has 1 aromatic carbocycles. The van der Waals surface area contributed by atoms with E-state index in [9.17, 15) is 19.7 Å². The number of hydrogen-bond donors (Lipinski definition) is 3. The predicted octanol–water partition coefficient (Wildman–Crippen LogP) is 0.0101. The standard InChI is InChI=1S/C11H11NO8/c13-8(10(14)15)9(11(16)17)20-5-6-1-3-7(4-2-6)12(18)19/h1-4,8-9,13H,5H2,(H,14,15)(H,16,17)/t8-,9-/m1/s1. The van der Waals surface area contributed by atoms with E-state index in [0.29, 0.717) is 5.56 Å². The molecular weight excluding hydrogens is 274 g/mol. The Balaban J connectivity index is 2.70. The van der Waals surface area contributed by atoms with Gasteiger partial charge in [-0.2, -0.15) is 0 Å². The van der Waals surface area contributed by atoms with Crippen molar-refractivity contribution in [3.05, 3.63) is 39.9 Å². The second-order valence-corrected chi connectivity index (χ2v) is 3.78. The molecule has 0 aliphatic rings. The summed E-state index contributed by atoms with van der Waals surface area (Å²) in [6.07, 6.45) is -4.13. The van der Waals surface area contributed by atoms with Crippen molar-refractivity contribution in [3.8, 4) is 0 Å². The topological polar surface area (TPSA) is 147 Å². The van der Waals surface area contributed by atoms with Gasteiger partial charge in [0, 0.05) is 12.1 Å². The number of aliphatic carboxylic acids is 2. The molecule has 9 heteroatoms. The zero-order valence-electron chi connectivity index (χ0n) is 10.0. The van der Waals surface area contributed by atoms with E-state index in [0.717, 1.165) is 0 Å². The quantitative estimate of drug-likeness (QED) is 0.468. The van der Waals surface area contributed by atoms with Gasteiger partial charge in [0.1, 0.15) is 0 Å². The van der Waals surface area contributed by atoms with Crippen molar-refractivity contribution in [1.29, 1.82) is 0 Å². The average Bonchev–Trinajstić information content (AvgIpc) is 2.38. The van der Waals surface area contributed by atoms with Gasteiger partial charge in [-0.15, -0.1) is 0 Å². The molecule has 0 unspecified atom stereocenters. The number of aliphatic hydroxyl groups is 1. The first-order valence-electron chi connectivity index (χ1n) is 5.31. The highest BCUT2D eigenvalue weighted by atomic mass is 16.6. The molecule has 0 aliphatic heterocycles. The van der Waals surface area contributed by atoms with E-state index in [1.807, 2.05) is 0 Å². The van der Waals surface area contributed by atoms with Crippen molar-refractivity contribution in [2.45, 2.75) is 18.8 Å². The number of non-ortho nitro benzene ring substituents is 1. The molecule has 0 radical (unpaired) electrons. The van der Waals surface area contributed by atoms with Gasteiger partial charge in [0.25, 0.3) is 5.69 Å². The molecule has 0 heterocycles. The molecule has 0 aliphatic carbocycles. The minimum absolute atomic E-state index is 0.144. The summed E-state index contributed by atoms with van der Waals surface area (Å²) in [5.74, 6) is -3.34. The third-order valence-electron chi connectivity index (χ3n) is 2.36. The van der Waals surface area contributed by atoms with E-state index in [-0.39, 0.29) is 12.3 Å². The monoisotopic (exact) mass is 285 g/mol. The van der Waals surface area contributed by atoms with Gasteiger partial charge >= 0.3 is 11.9 Å². The van der Waals surface area contributed by atoms with Crippen molar-refractivity contribution < 1.29 is 34.6 Å². The summed E-state index contributed by atoms with van der Waals surface area (Å²) < 4.78 is 4.81. The van der Waals surface area contributed by atoms with E-state index in [2.05, 4.69) is 0 Å². The first kappa shape index (κ1) is 15.5. The maximum atomic E-state index is 10.8. The summed E-state index contributed by atoms with van der Waals surface area (Å²) in [6.45, 7) is -0.306. The Bertz CT molecular complexity index is 512. The molecule has 0 saturated heterocycles. The molecule has 9 nitrogen and oxygen atoms in total. The zero-order chi connectivity index (χ0) is 15.3. The third kappa shape index (κ3) is 4.00. The molecule has 20 heavy (non-hydrogen) atoms. The van der Waals surface area contributed by atoms with Gasteiger partial charge in [-0.1, -0.05) is 0 Å². The molecule has 108 valence electrons. The second kappa shape index (κ2) is 6.59. The number of aliphatic hydroxyl groups excluding tert-OH is 1. The molecule has 0 fully saturated rings. The Morgan fingerprint density at radius 2 is 1.75 bits per heavy atom. The lowest BCUT2D eigenvalue weighted by atomic mass is 10.2. The third-order valence-corrected chi connectivity index (χ3v) is 2.36. The summed E-state index contributed by atoms with van der Waals surface area (Å²) in [4.78, 5) is 31.1. The SMILES string of the molecule is O=C(O)[C@H](O)[C@@H](OCc1ccc([N+](=O)[O-])cc1)C(=O)O. The number of benzene rings is 1. The zero-order valence-corrected chi connectivity index (χ0v) is 10.0. The number of nitro groups is 1. The minimum atomic E-state index is -2.20. The van der Waals surface area contributed by atoms with Crippen molar-refractivity contribution in [2.24, 2.45) is 0 Å². The molecular formula is C11H11NO8. The van der Waals surface area contributed by atoms with Crippen LogP contribution in [0.25, 0.3) is 0 Å². The number of carboxylic acid groups (broad SMARTS) is 2. The van der Waals surface area contributed by atoms with Gasteiger partial charge in [-0.3, -0.25) is 10.1 Å². The molecule has 0 spiro atoms. The summed E-state index contributed by atoms with van der Waals surface area (Å²) >= 11 is 0. The van der Waals surface area contributed by atoms with Crippen molar-refractivity contribution in [2.75, 3.05) is 0 Å². The number of nitrogens with zero attached hydrogens (tertiary/aromatic N) is 1. The molecule has 0 amide bonds. The Hall–Kier alpha value is -2.52. The van der Waals surface area contributed by atoms with Gasteiger partial charge in [-0.05, 0) is 17.7 Å². The molecule has 0 aromatic heterocycles. The molecule has 1 rings (SSSR count). The molecule has 2 atom stereocenters. The van der Waals surface area contributed by atoms with Crippen LogP contribution in [0, 0.1) is 10.1 Å². The lowest BCUT2D eigenvalue weighted by Crippen LogP contribution is -2.41. The number of carbonyl (C=O) groups is 2. The van der Waals surface area contributed by atoms with Crippen LogP contribution < -0.4 is 0 Å². The Kier molecular flexibility index (Phi) is 5.12. The van der Waals surface area contributed by atoms with E-state index < -0.39 is 29.1 Å². The van der Waals surface area contributed by atoms with E-state index in [1.165, 1.54) is 24.3 Å². The lowest BCUT2D eigenvalue weighted by Gasteiger charge is -2.16. The summed E-state index contributed by atoms with van der Waals surface area (Å²) in [7, 11) is 0. The van der Waals surface area contributed by atoms with Crippen LogP contribution in [0.5, 0.6) is 0 Å². The highest BCUT2D eigenvalue weighted by Gasteiger charge is 2.32. The Morgan fingerprint density at radius 1 is 1.20 bits per heavy atom. The van der Waals surface area contributed by atoms with E-state index in [1.54, 1.807) is 0 Å². The molecule has 3 N–H and O–H groups in total. The normalized spacial score (nSPS) is 13.4. The number of hydrogen-bond acceptors (Lipinski definition) is 6. The fraction of sp³-hybridized carbons (Fsp3) is 0.273. The average molecular weight is 285 g/mol. The molecule has 0 bridgehead atoms. The van der Waals surface area contributed by atoms with Gasteiger partial charge in [-0.25, -0.2) is 9.59 Å². The van der Waals surface area contributed by atoms with Crippen LogP contribution >= 0.6 is 0 Å². The van der Waals surface area contributed by atoms with Gasteiger partial charge in [0.05, 0.1) is 11.5 Å². The number of nitro benzene ring substituents is 1. The minimum Gasteiger partial charge on any atom is -0.479 e. The van der Waals surface area contributed by atoms with Crippen molar-refractivity contribution >= 4 is 17.6 Å². The first-order chi connectivity index (χ1) is 9.32. The van der Waals surface area contributed by atoms with Crippen molar-refractivity contribution in [1.82, 2.24) is 0 Å². The fourth-order valence-corrected chi connectivity index (χ4v) is 1.33. The van der Waals surface area contributed by atoms with E-state index >= 15 is 0 Å². The highest BCUT2D eigenvalue weighted by molar-refractivity contribution is 5.83. The smallest absolute Gasteiger partial charge is 0.336 e. The fourth-order valence-electron chi connectivity index (χ4n) is 1.33. The first-order valence-corrected chi connectivity index (χ1v) is 5.31. The van der Waals surface area contributed by atoms with E-state index in [4.69, 9.17) is 20.1 Å². The van der Waals surface area contributed by atoms with Crippen LogP contribution in [-0.2, 0) is 20.9 Å². The van der Waals surface area contributed by atoms with Crippen LogP contribution in [0.15, 0.2) is 24.3 Å². The predicted molar refractivity (Wildman–Crippen MR) is 63.0 cm³/mol. The number of carboxylic acids is 2. The van der Waals surface area contributed by atoms with Crippen LogP contribution in [-0.4, -0.2) is 44.4 Å². The summed E-state index contributed by atoms with van der Waals surface area (Å²) in [5, 5.41) is 36.9. The van der Waals surface area contributed by atoms with Gasteiger partial charge in [0.2, 0.25) is 0 Å². The molecule has 0 saturated carbocycles. The van der Waals surface area contributed by atoms with Gasteiger partial charge < -0.3 is 20.1 Å². The summed E-state index contributed by atoms with van der Waals surface area (Å²) in [6, 6.07) is 5.07. The number of ether oxygens (including phenoxy) is 1. The largest absolute Gasteiger partial charge is 0.479 e. The van der Waals surface area contributed by atoms with Crippen LogP contribution in [0.4, 0.5) is 5.69 Å². The lowest BCUT2D eigenvalue weighted by molar-refractivity contribution is -0.384. The van der Waals surface area contributed by atoms with Gasteiger partial charge in [0.15, 0.2) is 12.2 Å². The number of rotatable bonds is 7. The van der Waals surface area contributed by atoms with Crippen LogP contribution in [0.1, 0.15) is 5.56 Å². The van der Waals surface area contributed by atoms with Crippen LogP contribution in [0.3, 0.4) is 0 Å². The maximum Gasteiger partial charge on any atom is 0.336 e. The van der Waals surface area contributed by atoms with Crippen molar-refractivity contribution in [3.63, 3.8) is 0 Å². The Labute approximate surface area is 112 Å². The second-order valence-electron chi connectivity index (χ2n) is 3.78. The maximum absolute atomic E-state index is 10.8. The Morgan fingerprint density at radius 3 is 2.15 bits per heavy atom. The van der Waals surface area contributed by atoms with Crippen LogP contribution in [0.2, 0.25) is 0 Å². The summed E-state index contributed by atoms with van der Waals surface area (Å²) in [5.41, 5.74) is 0.258. The molecule has 1 aromatic rings.